The van der Waals surface area contributed by atoms with Crippen LogP contribution in [0.2, 0.25) is 0 Å². The van der Waals surface area contributed by atoms with Crippen LogP contribution in [0.4, 0.5) is 0 Å². The van der Waals surface area contributed by atoms with E-state index in [-0.39, 0.29) is 6.10 Å². The second kappa shape index (κ2) is 6.87. The number of aryl methyl sites for hydroxylation is 1. The zero-order valence-electron chi connectivity index (χ0n) is 12.7. The summed E-state index contributed by atoms with van der Waals surface area (Å²) >= 11 is 0. The molecule has 2 N–H and O–H groups in total. The van der Waals surface area contributed by atoms with E-state index in [1.165, 1.54) is 4.31 Å². The molecule has 118 valence electrons. The topological polar surface area (TPSA) is 72.6 Å². The van der Waals surface area contributed by atoms with Crippen molar-refractivity contribution in [1.29, 1.82) is 0 Å². The molecule has 1 atom stereocenters. The molecule has 0 aromatic heterocycles. The van der Waals surface area contributed by atoms with Crippen LogP contribution in [0.15, 0.2) is 23.1 Å². The van der Waals surface area contributed by atoms with E-state index < -0.39 is 10.0 Å². The molecule has 5 nitrogen and oxygen atoms in total. The summed E-state index contributed by atoms with van der Waals surface area (Å²) in [6, 6.07) is 5.27. The smallest absolute Gasteiger partial charge is 0.243 e. The van der Waals surface area contributed by atoms with Gasteiger partial charge in [0.2, 0.25) is 10.0 Å². The minimum absolute atomic E-state index is 0.0776. The van der Waals surface area contributed by atoms with Gasteiger partial charge >= 0.3 is 0 Å². The molecule has 6 heteroatoms. The van der Waals surface area contributed by atoms with E-state index in [0.29, 0.717) is 31.1 Å². The largest absolute Gasteiger partial charge is 0.377 e. The molecular formula is C15H24N2O3S. The van der Waals surface area contributed by atoms with Crippen LogP contribution in [0.3, 0.4) is 0 Å². The predicted molar refractivity (Wildman–Crippen MR) is 82.5 cm³/mol. The highest BCUT2D eigenvalue weighted by Crippen LogP contribution is 2.22. The van der Waals surface area contributed by atoms with Crippen LogP contribution in [0, 0.1) is 0 Å². The molecule has 1 aliphatic rings. The molecule has 0 aliphatic carbocycles. The molecule has 1 aliphatic heterocycles. The Morgan fingerprint density at radius 2 is 2.14 bits per heavy atom. The highest BCUT2D eigenvalue weighted by Gasteiger charge is 2.28. The minimum atomic E-state index is -3.48. The van der Waals surface area contributed by atoms with Gasteiger partial charge in [0.15, 0.2) is 0 Å². The molecule has 1 unspecified atom stereocenters. The van der Waals surface area contributed by atoms with E-state index in [1.54, 1.807) is 12.1 Å². The predicted octanol–water partition coefficient (Wildman–Crippen LogP) is 1.51. The van der Waals surface area contributed by atoms with Crippen LogP contribution in [-0.4, -0.2) is 38.5 Å². The average Bonchev–Trinajstić information content (AvgIpc) is 2.71. The summed E-state index contributed by atoms with van der Waals surface area (Å²) in [5, 5.41) is 0. The van der Waals surface area contributed by atoms with Gasteiger partial charge in [-0.15, -0.1) is 0 Å². The van der Waals surface area contributed by atoms with Crippen molar-refractivity contribution in [2.45, 2.75) is 44.2 Å². The maximum absolute atomic E-state index is 12.8. The lowest BCUT2D eigenvalue weighted by Gasteiger charge is -2.22. The maximum Gasteiger partial charge on any atom is 0.243 e. The molecule has 1 heterocycles. The Kier molecular flexibility index (Phi) is 5.37. The second-order valence-electron chi connectivity index (χ2n) is 5.39. The van der Waals surface area contributed by atoms with Crippen molar-refractivity contribution in [3.8, 4) is 0 Å². The van der Waals surface area contributed by atoms with Gasteiger partial charge < -0.3 is 10.5 Å². The van der Waals surface area contributed by atoms with Gasteiger partial charge in [-0.25, -0.2) is 8.42 Å². The quantitative estimate of drug-likeness (QED) is 0.914. The van der Waals surface area contributed by atoms with Gasteiger partial charge in [0.1, 0.15) is 0 Å². The second-order valence-corrected chi connectivity index (χ2v) is 7.32. The third kappa shape index (κ3) is 3.63. The highest BCUT2D eigenvalue weighted by molar-refractivity contribution is 7.89. The van der Waals surface area contributed by atoms with Gasteiger partial charge in [-0.05, 0) is 43.0 Å². The number of benzene rings is 1. The van der Waals surface area contributed by atoms with Crippen molar-refractivity contribution in [2.75, 3.05) is 19.7 Å². The number of nitrogens with zero attached hydrogens (tertiary/aromatic N) is 1. The summed E-state index contributed by atoms with van der Waals surface area (Å²) < 4.78 is 32.6. The fourth-order valence-electron chi connectivity index (χ4n) is 2.62. The Balaban J connectivity index is 2.34. The third-order valence-corrected chi connectivity index (χ3v) is 5.69. The van der Waals surface area contributed by atoms with Gasteiger partial charge in [-0.1, -0.05) is 13.0 Å². The first-order chi connectivity index (χ1) is 9.98. The van der Waals surface area contributed by atoms with Crippen molar-refractivity contribution < 1.29 is 13.2 Å². The van der Waals surface area contributed by atoms with Crippen molar-refractivity contribution in [3.63, 3.8) is 0 Å². The molecule has 2 rings (SSSR count). The number of ether oxygens (including phenoxy) is 1. The first-order valence-electron chi connectivity index (χ1n) is 7.42. The summed E-state index contributed by atoms with van der Waals surface area (Å²) in [6.45, 7) is 5.80. The third-order valence-electron chi connectivity index (χ3n) is 3.83. The zero-order chi connectivity index (χ0) is 15.5. The summed E-state index contributed by atoms with van der Waals surface area (Å²) in [4.78, 5) is 0.328. The normalized spacial score (nSPS) is 21.2. The number of sulfonamides is 1. The van der Waals surface area contributed by atoms with Crippen LogP contribution < -0.4 is 5.73 Å². The number of hydrogen-bond donors (Lipinski definition) is 1. The van der Waals surface area contributed by atoms with Crippen LogP contribution >= 0.6 is 0 Å². The lowest BCUT2D eigenvalue weighted by Crippen LogP contribution is -2.36. The van der Waals surface area contributed by atoms with Gasteiger partial charge in [-0.3, -0.25) is 0 Å². The Hall–Kier alpha value is -0.950. The number of hydrogen-bond acceptors (Lipinski definition) is 4. The minimum Gasteiger partial charge on any atom is -0.377 e. The molecule has 1 saturated heterocycles. The van der Waals surface area contributed by atoms with Crippen molar-refractivity contribution >= 4 is 10.0 Å². The standard InChI is InChI=1S/C15H24N2O3S/c1-3-13-5-6-15(9-14(13)10-16)21(18,19)17-7-4-8-20-12(2)11-17/h5-6,9,12H,3-4,7-8,10-11,16H2,1-2H3. The van der Waals surface area contributed by atoms with Gasteiger partial charge in [-0.2, -0.15) is 4.31 Å². The molecule has 0 amide bonds. The van der Waals surface area contributed by atoms with Gasteiger partial charge in [0.05, 0.1) is 11.0 Å². The van der Waals surface area contributed by atoms with E-state index in [4.69, 9.17) is 10.5 Å². The van der Waals surface area contributed by atoms with E-state index in [2.05, 4.69) is 0 Å². The van der Waals surface area contributed by atoms with Crippen molar-refractivity contribution in [2.24, 2.45) is 5.73 Å². The zero-order valence-corrected chi connectivity index (χ0v) is 13.5. The fraction of sp³-hybridized carbons (Fsp3) is 0.600. The summed E-state index contributed by atoms with van der Waals surface area (Å²) in [5.41, 5.74) is 7.74. The molecule has 1 fully saturated rings. The van der Waals surface area contributed by atoms with Crippen LogP contribution in [0.1, 0.15) is 31.4 Å². The highest BCUT2D eigenvalue weighted by atomic mass is 32.2. The van der Waals surface area contributed by atoms with Gasteiger partial charge in [0, 0.05) is 26.2 Å². The van der Waals surface area contributed by atoms with Crippen molar-refractivity contribution in [1.82, 2.24) is 4.31 Å². The van der Waals surface area contributed by atoms with Gasteiger partial charge in [0.25, 0.3) is 0 Å². The van der Waals surface area contributed by atoms with E-state index in [1.807, 2.05) is 19.9 Å². The molecule has 0 bridgehead atoms. The molecule has 0 saturated carbocycles. The average molecular weight is 312 g/mol. The Labute approximate surface area is 127 Å². The van der Waals surface area contributed by atoms with E-state index in [9.17, 15) is 8.42 Å². The molecule has 0 spiro atoms. The molecule has 21 heavy (non-hydrogen) atoms. The summed E-state index contributed by atoms with van der Waals surface area (Å²) in [5.74, 6) is 0. The SMILES string of the molecule is CCc1ccc(S(=O)(=O)N2CCCOC(C)C2)cc1CN. The Morgan fingerprint density at radius 1 is 1.38 bits per heavy atom. The van der Waals surface area contributed by atoms with Crippen LogP contribution in [-0.2, 0) is 27.7 Å². The first kappa shape index (κ1) is 16.4. The monoisotopic (exact) mass is 312 g/mol. The fourth-order valence-corrected chi connectivity index (χ4v) is 4.23. The van der Waals surface area contributed by atoms with E-state index in [0.717, 1.165) is 24.0 Å². The lowest BCUT2D eigenvalue weighted by molar-refractivity contribution is 0.0752. The van der Waals surface area contributed by atoms with Crippen molar-refractivity contribution in [3.05, 3.63) is 29.3 Å². The lowest BCUT2D eigenvalue weighted by atomic mass is 10.1. The van der Waals surface area contributed by atoms with E-state index >= 15 is 0 Å². The molecular weight excluding hydrogens is 288 g/mol. The van der Waals surface area contributed by atoms with Crippen LogP contribution in [0.25, 0.3) is 0 Å². The molecule has 0 radical (unpaired) electrons. The summed E-state index contributed by atoms with van der Waals surface area (Å²) in [7, 11) is -3.48. The Bertz CT molecular complexity index is 587. The molecule has 1 aromatic carbocycles. The number of nitrogens with two attached hydrogens (primary N) is 1. The number of rotatable bonds is 4. The first-order valence-corrected chi connectivity index (χ1v) is 8.86. The molecule has 1 aromatic rings. The Morgan fingerprint density at radius 3 is 2.81 bits per heavy atom. The summed E-state index contributed by atoms with van der Waals surface area (Å²) in [6.07, 6.45) is 1.49. The maximum atomic E-state index is 12.8. The van der Waals surface area contributed by atoms with Crippen LogP contribution in [0.5, 0.6) is 0 Å².